The van der Waals surface area contributed by atoms with Gasteiger partial charge >= 0.3 is 0 Å². The molecule has 0 spiro atoms. The molecule has 1 aromatic heterocycles. The predicted octanol–water partition coefficient (Wildman–Crippen LogP) is 4.45. The largest absolute Gasteiger partial charge is 0.398 e. The zero-order valence-electron chi connectivity index (χ0n) is 17.3. The van der Waals surface area contributed by atoms with E-state index in [1.807, 2.05) is 24.4 Å². The van der Waals surface area contributed by atoms with Crippen molar-refractivity contribution in [1.29, 1.82) is 5.41 Å². The summed E-state index contributed by atoms with van der Waals surface area (Å²) >= 11 is 0. The average molecular weight is 414 g/mol. The van der Waals surface area contributed by atoms with Gasteiger partial charge in [-0.25, -0.2) is 0 Å². The average Bonchev–Trinajstić information content (AvgIpc) is 2.78. The summed E-state index contributed by atoms with van der Waals surface area (Å²) in [4.78, 5) is 16.6. The molecule has 1 aliphatic heterocycles. The van der Waals surface area contributed by atoms with Crippen molar-refractivity contribution in [3.05, 3.63) is 96.0 Å². The summed E-state index contributed by atoms with van der Waals surface area (Å²) < 4.78 is 0. The lowest BCUT2D eigenvalue weighted by Gasteiger charge is -2.11. The summed E-state index contributed by atoms with van der Waals surface area (Å²) in [5.74, 6) is -0.109. The topological polar surface area (TPSA) is 104 Å². The fraction of sp³-hybridized carbons (Fsp3) is 0.160. The molecular formula is C25H27N5O. The zero-order chi connectivity index (χ0) is 21.9. The number of anilines is 2. The Kier molecular flexibility index (Phi) is 7.94. The predicted molar refractivity (Wildman–Crippen MR) is 128 cm³/mol. The molecule has 0 atom stereocenters. The van der Waals surface area contributed by atoms with Crippen LogP contribution in [0.2, 0.25) is 0 Å². The monoisotopic (exact) mass is 413 g/mol. The van der Waals surface area contributed by atoms with E-state index in [4.69, 9.17) is 11.1 Å². The lowest BCUT2D eigenvalue weighted by molar-refractivity contribution is -0.115. The van der Waals surface area contributed by atoms with Crippen molar-refractivity contribution in [3.63, 3.8) is 0 Å². The molecule has 0 unspecified atom stereocenters. The quantitative estimate of drug-likeness (QED) is 0.319. The number of rotatable bonds is 6. The second-order valence-corrected chi connectivity index (χ2v) is 7.15. The molecule has 0 aliphatic carbocycles. The number of nitrogen functional groups attached to an aromatic ring is 1. The Morgan fingerprint density at radius 2 is 2.10 bits per heavy atom. The van der Waals surface area contributed by atoms with E-state index < -0.39 is 0 Å². The van der Waals surface area contributed by atoms with E-state index in [2.05, 4.69) is 39.9 Å². The number of aromatic nitrogens is 1. The van der Waals surface area contributed by atoms with Crippen molar-refractivity contribution in [2.45, 2.75) is 19.3 Å². The van der Waals surface area contributed by atoms with Crippen LogP contribution in [0.25, 0.3) is 6.08 Å². The molecule has 1 aromatic carbocycles. The number of hydrogen-bond acceptors (Lipinski definition) is 5. The van der Waals surface area contributed by atoms with Crippen LogP contribution in [-0.2, 0) is 4.79 Å². The van der Waals surface area contributed by atoms with E-state index in [-0.39, 0.29) is 11.6 Å². The highest BCUT2D eigenvalue weighted by molar-refractivity contribution is 6.12. The minimum atomic E-state index is -0.109. The highest BCUT2D eigenvalue weighted by Crippen LogP contribution is 2.20. The van der Waals surface area contributed by atoms with Crippen LogP contribution in [-0.4, -0.2) is 23.1 Å². The molecule has 158 valence electrons. The molecular weight excluding hydrogens is 386 g/mol. The highest BCUT2D eigenvalue weighted by Gasteiger charge is 2.09. The second-order valence-electron chi connectivity index (χ2n) is 7.15. The maximum Gasteiger partial charge on any atom is 0.228 e. The molecule has 6 nitrogen and oxygen atoms in total. The third kappa shape index (κ3) is 7.12. The number of nitrogens with two attached hydrogens (primary N) is 1. The van der Waals surface area contributed by atoms with Gasteiger partial charge in [0.25, 0.3) is 0 Å². The molecule has 2 heterocycles. The fourth-order valence-corrected chi connectivity index (χ4v) is 3.07. The Morgan fingerprint density at radius 1 is 1.23 bits per heavy atom. The van der Waals surface area contributed by atoms with Crippen molar-refractivity contribution < 1.29 is 4.79 Å². The fourth-order valence-electron chi connectivity index (χ4n) is 3.07. The van der Waals surface area contributed by atoms with Gasteiger partial charge in [0.2, 0.25) is 5.91 Å². The van der Waals surface area contributed by atoms with Crippen LogP contribution in [0, 0.1) is 5.41 Å². The maximum absolute atomic E-state index is 12.6. The smallest absolute Gasteiger partial charge is 0.228 e. The SMILES string of the molecule is N=C(/C=C/c1cccnc1)c1cc(NC(=O)C/C2=C/NC/C=C\C/C=C\C2)ccc1N. The Balaban J connectivity index is 1.65. The number of amides is 1. The first-order valence-corrected chi connectivity index (χ1v) is 10.2. The van der Waals surface area contributed by atoms with Crippen molar-refractivity contribution in [3.8, 4) is 0 Å². The van der Waals surface area contributed by atoms with Gasteiger partial charge in [-0.2, -0.15) is 0 Å². The van der Waals surface area contributed by atoms with Crippen LogP contribution in [0.4, 0.5) is 11.4 Å². The first kappa shape index (κ1) is 21.8. The van der Waals surface area contributed by atoms with Gasteiger partial charge in [0.15, 0.2) is 0 Å². The molecule has 0 saturated heterocycles. The molecule has 0 radical (unpaired) electrons. The van der Waals surface area contributed by atoms with Crippen molar-refractivity contribution in [2.75, 3.05) is 17.6 Å². The second kappa shape index (κ2) is 11.3. The van der Waals surface area contributed by atoms with Crippen molar-refractivity contribution in [2.24, 2.45) is 0 Å². The van der Waals surface area contributed by atoms with Gasteiger partial charge in [0.05, 0.1) is 5.71 Å². The van der Waals surface area contributed by atoms with Gasteiger partial charge in [0.1, 0.15) is 0 Å². The van der Waals surface area contributed by atoms with Crippen LogP contribution in [0.15, 0.2) is 84.9 Å². The van der Waals surface area contributed by atoms with Crippen molar-refractivity contribution >= 4 is 29.1 Å². The van der Waals surface area contributed by atoms with Crippen LogP contribution in [0.3, 0.4) is 0 Å². The van der Waals surface area contributed by atoms with Crippen molar-refractivity contribution in [1.82, 2.24) is 10.3 Å². The van der Waals surface area contributed by atoms with Crippen LogP contribution >= 0.6 is 0 Å². The molecule has 0 saturated carbocycles. The van der Waals surface area contributed by atoms with Gasteiger partial charge < -0.3 is 21.8 Å². The Hall–Kier alpha value is -3.93. The lowest BCUT2D eigenvalue weighted by Crippen LogP contribution is -2.15. The third-order valence-electron chi connectivity index (χ3n) is 4.67. The maximum atomic E-state index is 12.6. The Bertz CT molecular complexity index is 1040. The van der Waals surface area contributed by atoms with E-state index in [0.29, 0.717) is 23.4 Å². The minimum Gasteiger partial charge on any atom is -0.398 e. The van der Waals surface area contributed by atoms with Gasteiger partial charge in [-0.1, -0.05) is 36.4 Å². The summed E-state index contributed by atoms with van der Waals surface area (Å²) in [5, 5.41) is 14.5. The van der Waals surface area contributed by atoms with E-state index in [1.54, 1.807) is 36.7 Å². The highest BCUT2D eigenvalue weighted by atomic mass is 16.1. The molecule has 0 fully saturated rings. The number of allylic oxidation sites excluding steroid dienone is 4. The number of benzene rings is 1. The zero-order valence-corrected chi connectivity index (χ0v) is 17.3. The van der Waals surface area contributed by atoms with E-state index in [0.717, 1.165) is 30.5 Å². The van der Waals surface area contributed by atoms with E-state index in [1.165, 1.54) is 0 Å². The normalized spacial score (nSPS) is 17.7. The summed E-state index contributed by atoms with van der Waals surface area (Å²) in [5.41, 5.74) is 9.89. The van der Waals surface area contributed by atoms with Gasteiger partial charge in [0, 0.05) is 42.3 Å². The molecule has 31 heavy (non-hydrogen) atoms. The first-order valence-electron chi connectivity index (χ1n) is 10.2. The summed E-state index contributed by atoms with van der Waals surface area (Å²) in [6.45, 7) is 0.745. The molecule has 3 rings (SSSR count). The number of nitrogens with zero attached hydrogens (tertiary/aromatic N) is 1. The first-order chi connectivity index (χ1) is 15.1. The number of carbonyl (C=O) groups excluding carboxylic acids is 1. The van der Waals surface area contributed by atoms with E-state index in [9.17, 15) is 4.79 Å². The number of nitrogens with one attached hydrogen (secondary N) is 3. The Morgan fingerprint density at radius 3 is 2.94 bits per heavy atom. The molecule has 2 aromatic rings. The number of hydrogen-bond donors (Lipinski definition) is 4. The van der Waals surface area contributed by atoms with Gasteiger partial charge in [-0.05, 0) is 60.5 Å². The lowest BCUT2D eigenvalue weighted by atomic mass is 10.1. The Labute approximate surface area is 182 Å². The summed E-state index contributed by atoms with van der Waals surface area (Å²) in [6.07, 6.45) is 19.1. The molecule has 1 amide bonds. The molecule has 1 aliphatic rings. The summed E-state index contributed by atoms with van der Waals surface area (Å²) in [7, 11) is 0. The molecule has 6 heteroatoms. The van der Waals surface area contributed by atoms with Gasteiger partial charge in [-0.3, -0.25) is 9.78 Å². The summed E-state index contributed by atoms with van der Waals surface area (Å²) in [6, 6.07) is 8.93. The molecule has 0 bridgehead atoms. The van der Waals surface area contributed by atoms with Crippen LogP contribution in [0.1, 0.15) is 30.4 Å². The van der Waals surface area contributed by atoms with Crippen LogP contribution in [0.5, 0.6) is 0 Å². The standard InChI is InChI=1S/C25H27N5O/c26-23(11-9-19-8-6-14-29-17-19)22-16-21(10-12-24(22)27)30-25(31)15-20-7-4-2-1-3-5-13-28-18-20/h2-6,8-12,14,16-18,26,28H,1,7,13,15,27H2,(H,30,31)/b4-2-,5-3-,11-9+,20-18+,26-23?. The van der Waals surface area contributed by atoms with Gasteiger partial charge in [-0.15, -0.1) is 0 Å². The number of carbonyl (C=O) groups is 1. The molecule has 5 N–H and O–H groups in total. The van der Waals surface area contributed by atoms with Crippen LogP contribution < -0.4 is 16.4 Å². The number of pyridine rings is 1. The third-order valence-corrected chi connectivity index (χ3v) is 4.67. The van der Waals surface area contributed by atoms with E-state index >= 15 is 0 Å². The minimum absolute atomic E-state index is 0.109.